The molecule has 0 saturated carbocycles. The Labute approximate surface area is 122 Å². The molecular formula is C15H17N3O3. The topological polar surface area (TPSA) is 84.2 Å². The van der Waals surface area contributed by atoms with Crippen molar-refractivity contribution in [1.29, 1.82) is 0 Å². The van der Waals surface area contributed by atoms with E-state index in [0.29, 0.717) is 12.0 Å². The van der Waals surface area contributed by atoms with Crippen LogP contribution < -0.4 is 5.32 Å². The van der Waals surface area contributed by atoms with Gasteiger partial charge in [0.25, 0.3) is 5.91 Å². The van der Waals surface area contributed by atoms with E-state index in [1.165, 1.54) is 6.20 Å². The molecule has 0 atom stereocenters. The van der Waals surface area contributed by atoms with Crippen LogP contribution in [0.25, 0.3) is 5.69 Å². The van der Waals surface area contributed by atoms with Gasteiger partial charge < -0.3 is 10.4 Å². The highest BCUT2D eigenvalue weighted by molar-refractivity contribution is 5.96. The van der Waals surface area contributed by atoms with Crippen LogP contribution in [0.1, 0.15) is 28.5 Å². The number of hydrogen-bond acceptors (Lipinski definition) is 3. The molecule has 0 radical (unpaired) electrons. The molecule has 0 aliphatic rings. The average molecular weight is 287 g/mol. The molecule has 0 aliphatic carbocycles. The summed E-state index contributed by atoms with van der Waals surface area (Å²) in [4.78, 5) is 22.6. The number of carboxylic acids is 1. The number of amides is 1. The van der Waals surface area contributed by atoms with Gasteiger partial charge in [-0.05, 0) is 25.0 Å². The number of aromatic nitrogens is 2. The molecule has 0 bridgehead atoms. The van der Waals surface area contributed by atoms with Crippen molar-refractivity contribution in [2.75, 3.05) is 6.54 Å². The standard InChI is InChI=1S/C15H17N3O3/c1-3-12-11(15(21)16-9-14(19)20)8-17-18(12)13-7-5-4-6-10(13)2/h4-8H,3,9H2,1-2H3,(H,16,21)(H,19,20). The first-order valence-corrected chi connectivity index (χ1v) is 6.67. The Morgan fingerprint density at radius 2 is 2.05 bits per heavy atom. The van der Waals surface area contributed by atoms with E-state index in [9.17, 15) is 9.59 Å². The third-order valence-corrected chi connectivity index (χ3v) is 3.19. The number of rotatable bonds is 5. The average Bonchev–Trinajstić information content (AvgIpc) is 2.88. The number of benzene rings is 1. The largest absolute Gasteiger partial charge is 0.480 e. The highest BCUT2D eigenvalue weighted by Gasteiger charge is 2.18. The zero-order valence-electron chi connectivity index (χ0n) is 12.0. The number of carbonyl (C=O) groups excluding carboxylic acids is 1. The van der Waals surface area contributed by atoms with Crippen molar-refractivity contribution in [2.24, 2.45) is 0 Å². The normalized spacial score (nSPS) is 10.4. The fraction of sp³-hybridized carbons (Fsp3) is 0.267. The summed E-state index contributed by atoms with van der Waals surface area (Å²) in [6.07, 6.45) is 2.09. The quantitative estimate of drug-likeness (QED) is 0.874. The van der Waals surface area contributed by atoms with Crippen molar-refractivity contribution >= 4 is 11.9 Å². The summed E-state index contributed by atoms with van der Waals surface area (Å²) in [5, 5.41) is 15.3. The van der Waals surface area contributed by atoms with E-state index in [0.717, 1.165) is 16.9 Å². The maximum absolute atomic E-state index is 12.0. The van der Waals surface area contributed by atoms with Crippen LogP contribution in [0.4, 0.5) is 0 Å². The Balaban J connectivity index is 2.37. The number of hydrogen-bond donors (Lipinski definition) is 2. The molecule has 2 N–H and O–H groups in total. The monoisotopic (exact) mass is 287 g/mol. The highest BCUT2D eigenvalue weighted by atomic mass is 16.4. The third kappa shape index (κ3) is 3.10. The first-order valence-electron chi connectivity index (χ1n) is 6.67. The zero-order valence-corrected chi connectivity index (χ0v) is 12.0. The fourth-order valence-electron chi connectivity index (χ4n) is 2.16. The number of carboxylic acid groups (broad SMARTS) is 1. The van der Waals surface area contributed by atoms with Crippen molar-refractivity contribution in [2.45, 2.75) is 20.3 Å². The van der Waals surface area contributed by atoms with Gasteiger partial charge in [0.05, 0.1) is 23.1 Å². The van der Waals surface area contributed by atoms with Crippen LogP contribution in [-0.2, 0) is 11.2 Å². The molecule has 21 heavy (non-hydrogen) atoms. The zero-order chi connectivity index (χ0) is 15.4. The molecule has 2 aromatic rings. The van der Waals surface area contributed by atoms with E-state index >= 15 is 0 Å². The van der Waals surface area contributed by atoms with Crippen molar-refractivity contribution in [1.82, 2.24) is 15.1 Å². The minimum Gasteiger partial charge on any atom is -0.480 e. The summed E-state index contributed by atoms with van der Waals surface area (Å²) >= 11 is 0. The van der Waals surface area contributed by atoms with Gasteiger partial charge in [0.2, 0.25) is 0 Å². The lowest BCUT2D eigenvalue weighted by molar-refractivity contribution is -0.135. The van der Waals surface area contributed by atoms with E-state index in [-0.39, 0.29) is 0 Å². The van der Waals surface area contributed by atoms with Crippen LogP contribution >= 0.6 is 0 Å². The number of aliphatic carboxylic acids is 1. The van der Waals surface area contributed by atoms with Gasteiger partial charge in [-0.25, -0.2) is 4.68 Å². The Morgan fingerprint density at radius 3 is 2.67 bits per heavy atom. The first kappa shape index (κ1) is 14.8. The van der Waals surface area contributed by atoms with E-state index < -0.39 is 18.4 Å². The molecule has 0 unspecified atom stereocenters. The Bertz CT molecular complexity index is 677. The number of carbonyl (C=O) groups is 2. The van der Waals surface area contributed by atoms with E-state index in [1.54, 1.807) is 4.68 Å². The SMILES string of the molecule is CCc1c(C(=O)NCC(=O)O)cnn1-c1ccccc1C. The first-order chi connectivity index (χ1) is 10.0. The molecule has 110 valence electrons. The van der Waals surface area contributed by atoms with Crippen LogP contribution in [0.5, 0.6) is 0 Å². The minimum absolute atomic E-state index is 0.405. The number of aryl methyl sites for hydroxylation is 1. The van der Waals surface area contributed by atoms with Gasteiger partial charge in [-0.3, -0.25) is 9.59 Å². The van der Waals surface area contributed by atoms with Crippen molar-refractivity contribution in [3.05, 3.63) is 47.3 Å². The second kappa shape index (κ2) is 6.21. The van der Waals surface area contributed by atoms with Gasteiger partial charge in [0, 0.05) is 0 Å². The van der Waals surface area contributed by atoms with Gasteiger partial charge in [-0.15, -0.1) is 0 Å². The van der Waals surface area contributed by atoms with Crippen LogP contribution in [0.2, 0.25) is 0 Å². The Kier molecular flexibility index (Phi) is 4.37. The molecule has 6 heteroatoms. The molecule has 0 spiro atoms. The summed E-state index contributed by atoms with van der Waals surface area (Å²) in [5.74, 6) is -1.50. The molecule has 1 aromatic carbocycles. The lowest BCUT2D eigenvalue weighted by Gasteiger charge is -2.10. The summed E-state index contributed by atoms with van der Waals surface area (Å²) in [5.41, 5.74) is 3.12. The molecule has 0 fully saturated rings. The van der Waals surface area contributed by atoms with E-state index in [1.807, 2.05) is 38.1 Å². The molecule has 1 aromatic heterocycles. The van der Waals surface area contributed by atoms with Crippen molar-refractivity contribution in [3.63, 3.8) is 0 Å². The molecule has 2 rings (SSSR count). The van der Waals surface area contributed by atoms with Gasteiger partial charge in [-0.1, -0.05) is 25.1 Å². The van der Waals surface area contributed by atoms with E-state index in [4.69, 9.17) is 5.11 Å². The maximum Gasteiger partial charge on any atom is 0.322 e. The molecule has 0 saturated heterocycles. The lowest BCUT2D eigenvalue weighted by atomic mass is 10.1. The second-order valence-electron chi connectivity index (χ2n) is 4.63. The Hall–Kier alpha value is -2.63. The predicted octanol–water partition coefficient (Wildman–Crippen LogP) is 1.56. The summed E-state index contributed by atoms with van der Waals surface area (Å²) in [6.45, 7) is 3.50. The van der Waals surface area contributed by atoms with Gasteiger partial charge in [0.1, 0.15) is 6.54 Å². The second-order valence-corrected chi connectivity index (χ2v) is 4.63. The number of para-hydroxylation sites is 1. The maximum atomic E-state index is 12.0. The van der Waals surface area contributed by atoms with Gasteiger partial charge in [0.15, 0.2) is 0 Å². The lowest BCUT2D eigenvalue weighted by Crippen LogP contribution is -2.29. The Morgan fingerprint density at radius 1 is 1.33 bits per heavy atom. The number of nitrogens with one attached hydrogen (secondary N) is 1. The molecule has 1 heterocycles. The van der Waals surface area contributed by atoms with Crippen molar-refractivity contribution in [3.8, 4) is 5.69 Å². The molecule has 1 amide bonds. The molecular weight excluding hydrogens is 270 g/mol. The molecule has 0 aliphatic heterocycles. The van der Waals surface area contributed by atoms with Crippen LogP contribution in [0.3, 0.4) is 0 Å². The van der Waals surface area contributed by atoms with Crippen molar-refractivity contribution < 1.29 is 14.7 Å². The van der Waals surface area contributed by atoms with E-state index in [2.05, 4.69) is 10.4 Å². The number of nitrogens with zero attached hydrogens (tertiary/aromatic N) is 2. The summed E-state index contributed by atoms with van der Waals surface area (Å²) < 4.78 is 1.73. The predicted molar refractivity (Wildman–Crippen MR) is 77.6 cm³/mol. The summed E-state index contributed by atoms with van der Waals surface area (Å²) in [7, 11) is 0. The van der Waals surface area contributed by atoms with Crippen LogP contribution in [-0.4, -0.2) is 33.3 Å². The van der Waals surface area contributed by atoms with Gasteiger partial charge >= 0.3 is 5.97 Å². The summed E-state index contributed by atoms with van der Waals surface area (Å²) in [6, 6.07) is 7.75. The third-order valence-electron chi connectivity index (χ3n) is 3.19. The van der Waals surface area contributed by atoms with Crippen LogP contribution in [0, 0.1) is 6.92 Å². The van der Waals surface area contributed by atoms with Gasteiger partial charge in [-0.2, -0.15) is 5.10 Å². The smallest absolute Gasteiger partial charge is 0.322 e. The highest BCUT2D eigenvalue weighted by Crippen LogP contribution is 2.18. The minimum atomic E-state index is -1.08. The molecule has 6 nitrogen and oxygen atoms in total. The van der Waals surface area contributed by atoms with Crippen LogP contribution in [0.15, 0.2) is 30.5 Å². The fourth-order valence-corrected chi connectivity index (χ4v) is 2.16.